The maximum atomic E-state index is 13.4. The zero-order valence-electron chi connectivity index (χ0n) is 27.8. The minimum absolute atomic E-state index is 0.273. The molecule has 0 bridgehead atoms. The van der Waals surface area contributed by atoms with E-state index in [1.807, 2.05) is 109 Å². The van der Waals surface area contributed by atoms with Gasteiger partial charge in [0.2, 0.25) is 0 Å². The molecule has 3 heterocycles. The van der Waals surface area contributed by atoms with Crippen molar-refractivity contribution in [3.8, 4) is 33.8 Å². The van der Waals surface area contributed by atoms with Gasteiger partial charge in [-0.05, 0) is 55.7 Å². The van der Waals surface area contributed by atoms with Crippen LogP contribution in [-0.4, -0.2) is 50.8 Å². The largest absolute Gasteiger partial charge is 0.349 e. The predicted octanol–water partition coefficient (Wildman–Crippen LogP) is 6.75. The highest BCUT2D eigenvalue weighted by molar-refractivity contribution is 5.96. The minimum atomic E-state index is -0.326. The zero-order valence-corrected chi connectivity index (χ0v) is 27.8. The summed E-state index contributed by atoms with van der Waals surface area (Å²) in [7, 11) is 0. The third-order valence-corrected chi connectivity index (χ3v) is 9.00. The SMILES string of the molecule is O=C(NC1CC(NC(=O)c2ccc(-c3ccccc3)nc2)CC(NC(=O)c2ccc(-c3ccccc3)nc2)C1)c1ccc(-c2ccccc2)nc1. The Morgan fingerprint density at radius 2 is 0.667 bits per heavy atom. The first-order valence-corrected chi connectivity index (χ1v) is 17.0. The van der Waals surface area contributed by atoms with E-state index in [1.165, 1.54) is 0 Å². The highest BCUT2D eigenvalue weighted by Gasteiger charge is 2.32. The van der Waals surface area contributed by atoms with Gasteiger partial charge in [-0.25, -0.2) is 0 Å². The number of benzene rings is 3. The van der Waals surface area contributed by atoms with Crippen LogP contribution in [0.1, 0.15) is 50.3 Å². The summed E-state index contributed by atoms with van der Waals surface area (Å²) < 4.78 is 0. The molecule has 3 N–H and O–H groups in total. The number of nitrogens with zero attached hydrogens (tertiary/aromatic N) is 3. The molecule has 0 atom stereocenters. The van der Waals surface area contributed by atoms with Crippen molar-refractivity contribution in [2.24, 2.45) is 0 Å². The molecule has 0 radical (unpaired) electrons. The van der Waals surface area contributed by atoms with E-state index in [0.29, 0.717) is 36.0 Å². The van der Waals surface area contributed by atoms with E-state index in [0.717, 1.165) is 33.8 Å². The molecule has 6 aromatic rings. The van der Waals surface area contributed by atoms with Gasteiger partial charge in [0.15, 0.2) is 0 Å². The second-order valence-electron chi connectivity index (χ2n) is 12.6. The number of aromatic nitrogens is 3. The van der Waals surface area contributed by atoms with Crippen molar-refractivity contribution >= 4 is 17.7 Å². The van der Waals surface area contributed by atoms with Gasteiger partial charge in [0.1, 0.15) is 0 Å². The maximum absolute atomic E-state index is 13.4. The summed E-state index contributed by atoms with van der Waals surface area (Å²) in [6, 6.07) is 39.0. The summed E-state index contributed by atoms with van der Waals surface area (Å²) in [4.78, 5) is 53.8. The van der Waals surface area contributed by atoms with Crippen LogP contribution in [0.5, 0.6) is 0 Å². The fourth-order valence-electron chi connectivity index (χ4n) is 6.40. The molecular weight excluding hydrogens is 637 g/mol. The number of pyridine rings is 3. The van der Waals surface area contributed by atoms with Crippen molar-refractivity contribution in [2.45, 2.75) is 37.4 Å². The molecule has 3 amide bonds. The average molecular weight is 673 g/mol. The van der Waals surface area contributed by atoms with Crippen LogP contribution in [0.2, 0.25) is 0 Å². The van der Waals surface area contributed by atoms with E-state index in [2.05, 4.69) is 30.9 Å². The average Bonchev–Trinajstić information content (AvgIpc) is 3.19. The quantitative estimate of drug-likeness (QED) is 0.156. The topological polar surface area (TPSA) is 126 Å². The Morgan fingerprint density at radius 1 is 0.392 bits per heavy atom. The molecule has 252 valence electrons. The van der Waals surface area contributed by atoms with Crippen molar-refractivity contribution in [3.63, 3.8) is 0 Å². The molecule has 0 aliphatic heterocycles. The Labute approximate surface area is 296 Å². The van der Waals surface area contributed by atoms with Crippen molar-refractivity contribution in [3.05, 3.63) is 163 Å². The maximum Gasteiger partial charge on any atom is 0.253 e. The van der Waals surface area contributed by atoms with Crippen molar-refractivity contribution < 1.29 is 14.4 Å². The Bertz CT molecular complexity index is 1840. The van der Waals surface area contributed by atoms with Crippen LogP contribution in [0.4, 0.5) is 0 Å². The molecule has 1 aliphatic carbocycles. The Kier molecular flexibility index (Phi) is 9.96. The normalized spacial score (nSPS) is 16.8. The predicted molar refractivity (Wildman–Crippen MR) is 197 cm³/mol. The molecule has 9 heteroatoms. The molecule has 0 unspecified atom stereocenters. The standard InChI is InChI=1S/C42H36N6O3/c49-40(31-16-19-37(43-25-31)28-10-4-1-5-11-28)46-34-22-35(47-41(50)32-17-20-38(44-26-32)29-12-6-2-7-13-29)24-36(23-34)48-42(51)33-18-21-39(45-27-33)30-14-8-3-9-15-30/h1-21,25-27,34-36H,22-24H2,(H,46,49)(H,47,50)(H,48,51). The summed E-state index contributed by atoms with van der Waals surface area (Å²) in [6.07, 6.45) is 6.17. The number of nitrogens with one attached hydrogen (secondary N) is 3. The van der Waals surface area contributed by atoms with Gasteiger partial charge >= 0.3 is 0 Å². The zero-order chi connectivity index (χ0) is 35.0. The first kappa shape index (κ1) is 33.0. The first-order chi connectivity index (χ1) is 25.0. The van der Waals surface area contributed by atoms with Crippen LogP contribution >= 0.6 is 0 Å². The number of hydrogen-bond acceptors (Lipinski definition) is 6. The minimum Gasteiger partial charge on any atom is -0.349 e. The lowest BCUT2D eigenvalue weighted by atomic mass is 9.86. The van der Waals surface area contributed by atoms with Gasteiger partial charge in [0, 0.05) is 53.4 Å². The molecule has 7 rings (SSSR count). The smallest absolute Gasteiger partial charge is 0.253 e. The van der Waals surface area contributed by atoms with E-state index < -0.39 is 0 Å². The van der Waals surface area contributed by atoms with Gasteiger partial charge < -0.3 is 16.0 Å². The summed E-state index contributed by atoms with van der Waals surface area (Å²) in [6.45, 7) is 0. The summed E-state index contributed by atoms with van der Waals surface area (Å²) >= 11 is 0. The van der Waals surface area contributed by atoms with E-state index in [9.17, 15) is 14.4 Å². The number of carbonyl (C=O) groups excluding carboxylic acids is 3. The van der Waals surface area contributed by atoms with Gasteiger partial charge in [-0.3, -0.25) is 29.3 Å². The molecule has 1 saturated carbocycles. The first-order valence-electron chi connectivity index (χ1n) is 17.0. The van der Waals surface area contributed by atoms with Gasteiger partial charge in [0.05, 0.1) is 33.8 Å². The molecule has 0 spiro atoms. The van der Waals surface area contributed by atoms with Crippen LogP contribution in [0.25, 0.3) is 33.8 Å². The lowest BCUT2D eigenvalue weighted by molar-refractivity contribution is 0.0871. The van der Waals surface area contributed by atoms with E-state index in [4.69, 9.17) is 0 Å². The number of amides is 3. The van der Waals surface area contributed by atoms with E-state index in [-0.39, 0.29) is 35.8 Å². The van der Waals surface area contributed by atoms with Crippen molar-refractivity contribution in [2.75, 3.05) is 0 Å². The summed E-state index contributed by atoms with van der Waals surface area (Å²) in [5, 5.41) is 9.38. The fourth-order valence-corrected chi connectivity index (χ4v) is 6.40. The van der Waals surface area contributed by atoms with Crippen molar-refractivity contribution in [1.29, 1.82) is 0 Å². The lowest BCUT2D eigenvalue weighted by Crippen LogP contribution is -2.53. The highest BCUT2D eigenvalue weighted by atomic mass is 16.2. The third kappa shape index (κ3) is 8.22. The van der Waals surface area contributed by atoms with Crippen LogP contribution in [0.15, 0.2) is 146 Å². The Hall–Kier alpha value is -6.48. The molecule has 51 heavy (non-hydrogen) atoms. The van der Waals surface area contributed by atoms with Gasteiger partial charge in [-0.1, -0.05) is 91.0 Å². The molecule has 1 fully saturated rings. The molecule has 1 aliphatic rings. The highest BCUT2D eigenvalue weighted by Crippen LogP contribution is 2.23. The van der Waals surface area contributed by atoms with Crippen molar-refractivity contribution in [1.82, 2.24) is 30.9 Å². The molecule has 0 saturated heterocycles. The van der Waals surface area contributed by atoms with E-state index >= 15 is 0 Å². The second-order valence-corrected chi connectivity index (χ2v) is 12.6. The fraction of sp³-hybridized carbons (Fsp3) is 0.143. The summed E-state index contributed by atoms with van der Waals surface area (Å²) in [5.41, 5.74) is 6.48. The van der Waals surface area contributed by atoms with Crippen LogP contribution < -0.4 is 16.0 Å². The summed E-state index contributed by atoms with van der Waals surface area (Å²) in [5.74, 6) is -0.818. The number of hydrogen-bond donors (Lipinski definition) is 3. The van der Waals surface area contributed by atoms with Gasteiger partial charge in [0.25, 0.3) is 17.7 Å². The second kappa shape index (κ2) is 15.4. The third-order valence-electron chi connectivity index (χ3n) is 9.00. The molecule has 9 nitrogen and oxygen atoms in total. The molecule has 3 aromatic carbocycles. The Balaban J connectivity index is 1.05. The monoisotopic (exact) mass is 672 g/mol. The number of carbonyl (C=O) groups is 3. The van der Waals surface area contributed by atoms with E-state index in [1.54, 1.807) is 36.8 Å². The molecule has 3 aromatic heterocycles. The molecular formula is C42H36N6O3. The van der Waals surface area contributed by atoms with Gasteiger partial charge in [-0.15, -0.1) is 0 Å². The van der Waals surface area contributed by atoms with Crippen LogP contribution in [-0.2, 0) is 0 Å². The van der Waals surface area contributed by atoms with Crippen LogP contribution in [0.3, 0.4) is 0 Å². The number of rotatable bonds is 9. The lowest BCUT2D eigenvalue weighted by Gasteiger charge is -2.36. The Morgan fingerprint density at radius 3 is 0.902 bits per heavy atom. The van der Waals surface area contributed by atoms with Crippen LogP contribution in [0, 0.1) is 0 Å². The van der Waals surface area contributed by atoms with Gasteiger partial charge in [-0.2, -0.15) is 0 Å².